The molecule has 0 heterocycles. The second-order valence-corrected chi connectivity index (χ2v) is 3.97. The Balaban J connectivity index is 2.78. The molecule has 0 aliphatic carbocycles. The molecule has 0 saturated carbocycles. The van der Waals surface area contributed by atoms with E-state index in [-0.39, 0.29) is 0 Å². The van der Waals surface area contributed by atoms with Crippen molar-refractivity contribution >= 4 is 0 Å². The molecule has 14 heavy (non-hydrogen) atoms. The van der Waals surface area contributed by atoms with Gasteiger partial charge in [0, 0.05) is 13.1 Å². The smallest absolute Gasteiger partial charge is 0.00997 e. The molecule has 0 aliphatic rings. The number of nitrogens with one attached hydrogen (secondary N) is 2. The van der Waals surface area contributed by atoms with Crippen LogP contribution in [0.25, 0.3) is 0 Å². The number of hydrazine groups is 1. The van der Waals surface area contributed by atoms with Gasteiger partial charge in [-0.1, -0.05) is 52.4 Å². The molecule has 0 unspecified atom stereocenters. The molecule has 2 heteroatoms. The molecule has 2 N–H and O–H groups in total. The van der Waals surface area contributed by atoms with Gasteiger partial charge in [-0.25, -0.2) is 0 Å². The van der Waals surface area contributed by atoms with Crippen molar-refractivity contribution in [1.82, 2.24) is 10.9 Å². The lowest BCUT2D eigenvalue weighted by Crippen LogP contribution is -2.33. The summed E-state index contributed by atoms with van der Waals surface area (Å²) in [5.74, 6) is 0. The van der Waals surface area contributed by atoms with E-state index in [1.54, 1.807) is 0 Å². The highest BCUT2D eigenvalue weighted by molar-refractivity contribution is 4.46. The molecule has 0 bridgehead atoms. The van der Waals surface area contributed by atoms with Crippen molar-refractivity contribution in [3.8, 4) is 0 Å². The molecule has 0 saturated heterocycles. The molecule has 0 spiro atoms. The van der Waals surface area contributed by atoms with Crippen LogP contribution < -0.4 is 10.9 Å². The molecule has 0 aromatic carbocycles. The number of rotatable bonds is 11. The zero-order chi connectivity index (χ0) is 10.5. The summed E-state index contributed by atoms with van der Waals surface area (Å²) in [6, 6.07) is 0. The van der Waals surface area contributed by atoms with Crippen molar-refractivity contribution in [2.75, 3.05) is 13.1 Å². The standard InChI is InChI=1S/C12H28N2/c1-3-5-7-8-10-12-14-13-11-9-6-4-2/h13-14H,3-12H2,1-2H3. The molecule has 0 amide bonds. The van der Waals surface area contributed by atoms with Crippen molar-refractivity contribution in [2.45, 2.75) is 65.2 Å². The fourth-order valence-electron chi connectivity index (χ4n) is 1.46. The summed E-state index contributed by atoms with van der Waals surface area (Å²) in [5, 5.41) is 0. The van der Waals surface area contributed by atoms with Gasteiger partial charge in [0.2, 0.25) is 0 Å². The van der Waals surface area contributed by atoms with Crippen molar-refractivity contribution in [1.29, 1.82) is 0 Å². The Morgan fingerprint density at radius 2 is 1.00 bits per heavy atom. The summed E-state index contributed by atoms with van der Waals surface area (Å²) in [4.78, 5) is 0. The Bertz CT molecular complexity index is 82.3. The van der Waals surface area contributed by atoms with E-state index in [0.717, 1.165) is 13.1 Å². The first kappa shape index (κ1) is 13.9. The Kier molecular flexibility index (Phi) is 12.8. The number of unbranched alkanes of at least 4 members (excludes halogenated alkanes) is 6. The van der Waals surface area contributed by atoms with E-state index in [4.69, 9.17) is 0 Å². The van der Waals surface area contributed by atoms with Gasteiger partial charge in [-0.2, -0.15) is 0 Å². The monoisotopic (exact) mass is 200 g/mol. The van der Waals surface area contributed by atoms with E-state index in [9.17, 15) is 0 Å². The van der Waals surface area contributed by atoms with Crippen molar-refractivity contribution in [3.63, 3.8) is 0 Å². The minimum atomic E-state index is 1.11. The molecule has 0 aromatic heterocycles. The largest absolute Gasteiger partial charge is 0.258 e. The zero-order valence-electron chi connectivity index (χ0n) is 10.1. The van der Waals surface area contributed by atoms with Gasteiger partial charge in [0.25, 0.3) is 0 Å². The van der Waals surface area contributed by atoms with E-state index in [0.29, 0.717) is 0 Å². The minimum absolute atomic E-state index is 1.11. The van der Waals surface area contributed by atoms with Gasteiger partial charge in [-0.3, -0.25) is 10.9 Å². The summed E-state index contributed by atoms with van der Waals surface area (Å²) in [6.07, 6.45) is 10.7. The third-order valence-electron chi connectivity index (χ3n) is 2.44. The van der Waals surface area contributed by atoms with Gasteiger partial charge < -0.3 is 0 Å². The normalized spacial score (nSPS) is 10.7. The maximum atomic E-state index is 3.27. The molecule has 0 radical (unpaired) electrons. The van der Waals surface area contributed by atoms with Gasteiger partial charge in [0.05, 0.1) is 0 Å². The van der Waals surface area contributed by atoms with Gasteiger partial charge >= 0.3 is 0 Å². The average Bonchev–Trinajstić information content (AvgIpc) is 2.21. The Morgan fingerprint density at radius 1 is 0.571 bits per heavy atom. The van der Waals surface area contributed by atoms with Gasteiger partial charge in [-0.05, 0) is 12.8 Å². The molecule has 0 fully saturated rings. The first-order valence-electron chi connectivity index (χ1n) is 6.37. The summed E-state index contributed by atoms with van der Waals surface area (Å²) in [5.41, 5.74) is 6.53. The second-order valence-electron chi connectivity index (χ2n) is 3.97. The van der Waals surface area contributed by atoms with Crippen LogP contribution in [0.4, 0.5) is 0 Å². The Morgan fingerprint density at radius 3 is 1.57 bits per heavy atom. The lowest BCUT2D eigenvalue weighted by molar-refractivity contribution is 0.488. The van der Waals surface area contributed by atoms with E-state index >= 15 is 0 Å². The molecule has 0 aliphatic heterocycles. The van der Waals surface area contributed by atoms with E-state index in [1.807, 2.05) is 0 Å². The fourth-order valence-corrected chi connectivity index (χ4v) is 1.46. The van der Waals surface area contributed by atoms with Crippen LogP contribution in [0, 0.1) is 0 Å². The van der Waals surface area contributed by atoms with Crippen molar-refractivity contribution < 1.29 is 0 Å². The van der Waals surface area contributed by atoms with Crippen LogP contribution in [0.15, 0.2) is 0 Å². The highest BCUT2D eigenvalue weighted by Gasteiger charge is 1.89. The molecular weight excluding hydrogens is 172 g/mol. The maximum Gasteiger partial charge on any atom is 0.00997 e. The van der Waals surface area contributed by atoms with Crippen LogP contribution in [0.5, 0.6) is 0 Å². The molecule has 2 nitrogen and oxygen atoms in total. The Labute approximate surface area is 89.8 Å². The Hall–Kier alpha value is -0.0800. The van der Waals surface area contributed by atoms with Gasteiger partial charge in [0.15, 0.2) is 0 Å². The van der Waals surface area contributed by atoms with Crippen LogP contribution in [-0.4, -0.2) is 13.1 Å². The van der Waals surface area contributed by atoms with Crippen LogP contribution in [0.1, 0.15) is 65.2 Å². The quantitative estimate of drug-likeness (QED) is 0.395. The molecule has 86 valence electrons. The van der Waals surface area contributed by atoms with Crippen LogP contribution >= 0.6 is 0 Å². The summed E-state index contributed by atoms with van der Waals surface area (Å²) in [7, 11) is 0. The summed E-state index contributed by atoms with van der Waals surface area (Å²) >= 11 is 0. The lowest BCUT2D eigenvalue weighted by atomic mass is 10.2. The molecule has 0 rings (SSSR count). The van der Waals surface area contributed by atoms with Gasteiger partial charge in [0.1, 0.15) is 0 Å². The maximum absolute atomic E-state index is 3.27. The molecular formula is C12H28N2. The highest BCUT2D eigenvalue weighted by Crippen LogP contribution is 2.00. The van der Waals surface area contributed by atoms with Crippen molar-refractivity contribution in [2.24, 2.45) is 0 Å². The van der Waals surface area contributed by atoms with Crippen LogP contribution in [0.2, 0.25) is 0 Å². The lowest BCUT2D eigenvalue weighted by Gasteiger charge is -2.06. The van der Waals surface area contributed by atoms with Crippen molar-refractivity contribution in [3.05, 3.63) is 0 Å². The summed E-state index contributed by atoms with van der Waals surface area (Å²) in [6.45, 7) is 6.73. The molecule has 0 atom stereocenters. The topological polar surface area (TPSA) is 24.1 Å². The highest BCUT2D eigenvalue weighted by atomic mass is 15.3. The van der Waals surface area contributed by atoms with E-state index < -0.39 is 0 Å². The SMILES string of the molecule is CCCCCCCNNCCCCC. The minimum Gasteiger partial charge on any atom is -0.258 e. The van der Waals surface area contributed by atoms with Crippen LogP contribution in [-0.2, 0) is 0 Å². The third-order valence-corrected chi connectivity index (χ3v) is 2.44. The fraction of sp³-hybridized carbons (Fsp3) is 1.00. The predicted molar refractivity (Wildman–Crippen MR) is 64.3 cm³/mol. The third kappa shape index (κ3) is 11.9. The van der Waals surface area contributed by atoms with Gasteiger partial charge in [-0.15, -0.1) is 0 Å². The van der Waals surface area contributed by atoms with E-state index in [1.165, 1.54) is 51.4 Å². The average molecular weight is 200 g/mol. The predicted octanol–water partition coefficient (Wildman–Crippen LogP) is 3.24. The summed E-state index contributed by atoms with van der Waals surface area (Å²) < 4.78 is 0. The number of hydrogen-bond donors (Lipinski definition) is 2. The first-order chi connectivity index (χ1) is 6.91. The second kappa shape index (κ2) is 12.9. The zero-order valence-corrected chi connectivity index (χ0v) is 10.1. The number of hydrogen-bond acceptors (Lipinski definition) is 2. The molecule has 0 aromatic rings. The first-order valence-corrected chi connectivity index (χ1v) is 6.37. The van der Waals surface area contributed by atoms with E-state index in [2.05, 4.69) is 24.7 Å². The van der Waals surface area contributed by atoms with Crippen LogP contribution in [0.3, 0.4) is 0 Å².